The topological polar surface area (TPSA) is 66.9 Å². The monoisotopic (exact) mass is 369 g/mol. The molecule has 6 nitrogen and oxygen atoms in total. The van der Waals surface area contributed by atoms with Gasteiger partial charge in [0.25, 0.3) is 0 Å². The first-order chi connectivity index (χ1) is 12.3. The average Bonchev–Trinajstić information content (AvgIpc) is 2.60. The predicted molar refractivity (Wildman–Crippen MR) is 85.4 cm³/mol. The lowest BCUT2D eigenvalue weighted by Crippen LogP contribution is -2.17. The molecule has 0 saturated carbocycles. The van der Waals surface area contributed by atoms with Gasteiger partial charge in [0, 0.05) is 18.3 Å². The van der Waals surface area contributed by atoms with Gasteiger partial charge in [-0.25, -0.2) is 4.79 Å². The smallest absolute Gasteiger partial charge is 0.493 e. The molecule has 2 rings (SSSR count). The highest BCUT2D eigenvalue weighted by Gasteiger charge is 2.31. The van der Waals surface area contributed by atoms with E-state index >= 15 is 0 Å². The molecule has 26 heavy (non-hydrogen) atoms. The van der Waals surface area contributed by atoms with Gasteiger partial charge >= 0.3 is 12.3 Å². The number of alkyl halides is 3. The molecule has 0 amide bonds. The van der Waals surface area contributed by atoms with E-state index in [4.69, 9.17) is 9.47 Å². The predicted octanol–water partition coefficient (Wildman–Crippen LogP) is 4.21. The maximum Gasteiger partial charge on any atom is 0.573 e. The van der Waals surface area contributed by atoms with Gasteiger partial charge in [-0.05, 0) is 18.2 Å². The molecule has 0 N–H and O–H groups in total. The third kappa shape index (κ3) is 4.65. The van der Waals surface area contributed by atoms with Crippen LogP contribution in [-0.2, 0) is 4.74 Å². The second-order valence-electron chi connectivity index (χ2n) is 4.76. The van der Waals surface area contributed by atoms with Crippen LogP contribution in [0.25, 0.3) is 6.08 Å². The van der Waals surface area contributed by atoms with Crippen molar-refractivity contribution >= 4 is 12.0 Å². The first kappa shape index (κ1) is 19.1. The standard InChI is InChI=1S/C17H14F3NO5/c1-4-10-7-14(12(9-21-10)16(22)24-3)25-13-6-5-11(8-15(13)23-2)26-17(18,19)20/h4-9H,1H2,2-3H3. The number of ether oxygens (including phenoxy) is 4. The second-order valence-corrected chi connectivity index (χ2v) is 4.76. The van der Waals surface area contributed by atoms with E-state index in [9.17, 15) is 18.0 Å². The number of carbonyl (C=O) groups excluding carboxylic acids is 1. The number of carbonyl (C=O) groups is 1. The van der Waals surface area contributed by atoms with Crippen molar-refractivity contribution in [2.75, 3.05) is 14.2 Å². The number of nitrogens with zero attached hydrogens (tertiary/aromatic N) is 1. The number of rotatable bonds is 6. The Labute approximate surface area is 146 Å². The van der Waals surface area contributed by atoms with Crippen LogP contribution in [0.1, 0.15) is 16.1 Å². The molecule has 138 valence electrons. The van der Waals surface area contributed by atoms with Crippen LogP contribution in [0.15, 0.2) is 37.0 Å². The van der Waals surface area contributed by atoms with Crippen molar-refractivity contribution in [3.05, 3.63) is 48.3 Å². The maximum absolute atomic E-state index is 12.3. The first-order valence-corrected chi connectivity index (χ1v) is 7.10. The highest BCUT2D eigenvalue weighted by Crippen LogP contribution is 2.37. The normalized spacial score (nSPS) is 10.8. The van der Waals surface area contributed by atoms with Gasteiger partial charge in [0.2, 0.25) is 0 Å². The van der Waals surface area contributed by atoms with Gasteiger partial charge in [0.05, 0.1) is 19.9 Å². The molecule has 0 aliphatic carbocycles. The molecular weight excluding hydrogens is 355 g/mol. The number of hydrogen-bond acceptors (Lipinski definition) is 6. The van der Waals surface area contributed by atoms with Gasteiger partial charge in [-0.3, -0.25) is 4.98 Å². The van der Waals surface area contributed by atoms with Gasteiger partial charge in [-0.2, -0.15) is 0 Å². The molecule has 0 aliphatic heterocycles. The van der Waals surface area contributed by atoms with Crippen LogP contribution in [0, 0.1) is 0 Å². The van der Waals surface area contributed by atoms with E-state index < -0.39 is 18.1 Å². The molecule has 9 heteroatoms. The van der Waals surface area contributed by atoms with Crippen molar-refractivity contribution in [3.8, 4) is 23.0 Å². The number of halogens is 3. The van der Waals surface area contributed by atoms with E-state index in [0.29, 0.717) is 5.69 Å². The SMILES string of the molecule is C=Cc1cc(Oc2ccc(OC(F)(F)F)cc2OC)c(C(=O)OC)cn1. The minimum absolute atomic E-state index is 0.0239. The molecule has 0 unspecified atom stereocenters. The van der Waals surface area contributed by atoms with Crippen LogP contribution in [-0.4, -0.2) is 31.5 Å². The Kier molecular flexibility index (Phi) is 5.71. The lowest BCUT2D eigenvalue weighted by molar-refractivity contribution is -0.274. The van der Waals surface area contributed by atoms with Crippen LogP contribution >= 0.6 is 0 Å². The van der Waals surface area contributed by atoms with E-state index in [-0.39, 0.29) is 22.8 Å². The average molecular weight is 369 g/mol. The van der Waals surface area contributed by atoms with Gasteiger partial charge < -0.3 is 18.9 Å². The fraction of sp³-hybridized carbons (Fsp3) is 0.176. The lowest BCUT2D eigenvalue weighted by Gasteiger charge is -2.15. The van der Waals surface area contributed by atoms with Crippen molar-refractivity contribution in [2.45, 2.75) is 6.36 Å². The largest absolute Gasteiger partial charge is 0.573 e. The van der Waals surface area contributed by atoms with Gasteiger partial charge in [-0.15, -0.1) is 13.2 Å². The molecule has 0 saturated heterocycles. The molecule has 1 aromatic heterocycles. The Balaban J connectivity index is 2.41. The third-order valence-corrected chi connectivity index (χ3v) is 3.09. The minimum atomic E-state index is -4.84. The fourth-order valence-electron chi connectivity index (χ4n) is 1.96. The maximum atomic E-state index is 12.3. The Morgan fingerprint density at radius 2 is 1.88 bits per heavy atom. The lowest BCUT2D eigenvalue weighted by atomic mass is 10.2. The molecule has 0 atom stereocenters. The molecule has 0 spiro atoms. The highest BCUT2D eigenvalue weighted by molar-refractivity contribution is 5.92. The van der Waals surface area contributed by atoms with Crippen LogP contribution < -0.4 is 14.2 Å². The molecule has 2 aromatic rings. The van der Waals surface area contributed by atoms with Crippen molar-refractivity contribution in [1.82, 2.24) is 4.98 Å². The molecule has 0 radical (unpaired) electrons. The van der Waals surface area contributed by atoms with Gasteiger partial charge in [0.15, 0.2) is 11.5 Å². The summed E-state index contributed by atoms with van der Waals surface area (Å²) in [5, 5.41) is 0. The molecule has 0 bridgehead atoms. The van der Waals surface area contributed by atoms with E-state index in [1.165, 1.54) is 38.6 Å². The molecule has 1 heterocycles. The molecule has 0 aliphatic rings. The summed E-state index contributed by atoms with van der Waals surface area (Å²) < 4.78 is 56.1. The Morgan fingerprint density at radius 1 is 1.15 bits per heavy atom. The highest BCUT2D eigenvalue weighted by atomic mass is 19.4. The summed E-state index contributed by atoms with van der Waals surface area (Å²) in [6.45, 7) is 3.57. The zero-order valence-electron chi connectivity index (χ0n) is 13.8. The van der Waals surface area contributed by atoms with Crippen LogP contribution in [0.4, 0.5) is 13.2 Å². The number of benzene rings is 1. The molecular formula is C17H14F3NO5. The Morgan fingerprint density at radius 3 is 2.46 bits per heavy atom. The summed E-state index contributed by atoms with van der Waals surface area (Å²) >= 11 is 0. The van der Waals surface area contributed by atoms with Crippen molar-refractivity contribution in [1.29, 1.82) is 0 Å². The molecule has 0 fully saturated rings. The fourth-order valence-corrected chi connectivity index (χ4v) is 1.96. The van der Waals surface area contributed by atoms with Crippen LogP contribution in [0.2, 0.25) is 0 Å². The number of methoxy groups -OCH3 is 2. The summed E-state index contributed by atoms with van der Waals surface area (Å²) in [4.78, 5) is 15.8. The summed E-state index contributed by atoms with van der Waals surface area (Å²) in [7, 11) is 2.44. The van der Waals surface area contributed by atoms with Crippen molar-refractivity contribution < 1.29 is 36.9 Å². The summed E-state index contributed by atoms with van der Waals surface area (Å²) in [6, 6.07) is 4.71. The van der Waals surface area contributed by atoms with E-state index in [1.54, 1.807) is 0 Å². The number of esters is 1. The summed E-state index contributed by atoms with van der Waals surface area (Å²) in [5.41, 5.74) is 0.444. The van der Waals surface area contributed by atoms with Gasteiger partial charge in [-0.1, -0.05) is 6.58 Å². The number of aromatic nitrogens is 1. The quantitative estimate of drug-likeness (QED) is 0.711. The van der Waals surface area contributed by atoms with Crippen molar-refractivity contribution in [2.24, 2.45) is 0 Å². The van der Waals surface area contributed by atoms with E-state index in [2.05, 4.69) is 21.0 Å². The Hall–Kier alpha value is -3.23. The van der Waals surface area contributed by atoms with Gasteiger partial charge in [0.1, 0.15) is 17.1 Å². The first-order valence-electron chi connectivity index (χ1n) is 7.10. The van der Waals surface area contributed by atoms with E-state index in [0.717, 1.165) is 12.1 Å². The van der Waals surface area contributed by atoms with Crippen molar-refractivity contribution in [3.63, 3.8) is 0 Å². The molecule has 1 aromatic carbocycles. The zero-order chi connectivity index (χ0) is 19.3. The van der Waals surface area contributed by atoms with Crippen LogP contribution in [0.5, 0.6) is 23.0 Å². The van der Waals surface area contributed by atoms with Crippen LogP contribution in [0.3, 0.4) is 0 Å². The Bertz CT molecular complexity index is 821. The second kappa shape index (κ2) is 7.77. The number of pyridine rings is 1. The third-order valence-electron chi connectivity index (χ3n) is 3.09. The minimum Gasteiger partial charge on any atom is -0.493 e. The zero-order valence-corrected chi connectivity index (χ0v) is 13.8. The van der Waals surface area contributed by atoms with E-state index in [1.807, 2.05) is 0 Å². The summed E-state index contributed by atoms with van der Waals surface area (Å²) in [5.74, 6) is -1.06. The summed E-state index contributed by atoms with van der Waals surface area (Å²) in [6.07, 6.45) is -2.16. The number of hydrogen-bond donors (Lipinski definition) is 0.